The molecule has 0 radical (unpaired) electrons. The lowest BCUT2D eigenvalue weighted by molar-refractivity contribution is 0.0913. The van der Waals surface area contributed by atoms with Crippen LogP contribution in [-0.4, -0.2) is 48.6 Å². The van der Waals surface area contributed by atoms with Crippen LogP contribution in [0.15, 0.2) is 16.7 Å². The van der Waals surface area contributed by atoms with Crippen molar-refractivity contribution in [2.45, 2.75) is 18.9 Å². The zero-order valence-corrected chi connectivity index (χ0v) is 13.9. The molecule has 1 unspecified atom stereocenters. The maximum Gasteiger partial charge on any atom is 0.268 e. The number of piperidine rings is 1. The Hall–Kier alpha value is -0.860. The topological polar surface area (TPSA) is 71.4 Å². The second kappa shape index (κ2) is 5.87. The van der Waals surface area contributed by atoms with Crippen molar-refractivity contribution in [3.05, 3.63) is 22.4 Å². The number of sulfonamides is 1. The van der Waals surface area contributed by atoms with Crippen LogP contribution in [0.5, 0.6) is 0 Å². The molecule has 1 aliphatic rings. The van der Waals surface area contributed by atoms with Crippen molar-refractivity contribution < 1.29 is 13.2 Å². The second-order valence-corrected chi connectivity index (χ2v) is 7.99. The van der Waals surface area contributed by atoms with E-state index in [1.807, 2.05) is 0 Å². The molecule has 0 bridgehead atoms. The molecule has 1 N–H and O–H groups in total. The number of halogens is 1. The third-order valence-electron chi connectivity index (χ3n) is 3.39. The standard InChI is InChI=1S/C12H18BrN3O3S/c1-15-7-9(13)6-11(15)12(17)14-10-4-3-5-16(8-10)20(2,18)19/h6-7,10H,3-5,8H2,1-2H3,(H,14,17). The van der Waals surface area contributed by atoms with E-state index < -0.39 is 10.0 Å². The molecule has 0 spiro atoms. The highest BCUT2D eigenvalue weighted by atomic mass is 79.9. The van der Waals surface area contributed by atoms with Gasteiger partial charge in [0, 0.05) is 36.8 Å². The second-order valence-electron chi connectivity index (χ2n) is 5.09. The fourth-order valence-electron chi connectivity index (χ4n) is 2.37. The number of carbonyl (C=O) groups is 1. The summed E-state index contributed by atoms with van der Waals surface area (Å²) in [5.41, 5.74) is 0.549. The molecule has 1 amide bonds. The van der Waals surface area contributed by atoms with E-state index >= 15 is 0 Å². The van der Waals surface area contributed by atoms with Gasteiger partial charge in [0.05, 0.1) is 6.26 Å². The molecule has 1 aromatic heterocycles. The highest BCUT2D eigenvalue weighted by molar-refractivity contribution is 9.10. The minimum absolute atomic E-state index is 0.139. The Kier molecular flexibility index (Phi) is 4.55. The fraction of sp³-hybridized carbons (Fsp3) is 0.583. The van der Waals surface area contributed by atoms with Crippen LogP contribution in [0.25, 0.3) is 0 Å². The molecule has 0 aromatic carbocycles. The van der Waals surface area contributed by atoms with E-state index in [0.717, 1.165) is 17.3 Å². The molecule has 1 fully saturated rings. The Labute approximate surface area is 127 Å². The summed E-state index contributed by atoms with van der Waals surface area (Å²) in [6, 6.07) is 1.60. The van der Waals surface area contributed by atoms with Crippen LogP contribution >= 0.6 is 15.9 Å². The minimum Gasteiger partial charge on any atom is -0.347 e. The summed E-state index contributed by atoms with van der Waals surface area (Å²) in [4.78, 5) is 12.2. The summed E-state index contributed by atoms with van der Waals surface area (Å²) in [6.45, 7) is 0.872. The molecule has 112 valence electrons. The first kappa shape index (κ1) is 15.5. The quantitative estimate of drug-likeness (QED) is 0.868. The van der Waals surface area contributed by atoms with E-state index in [0.29, 0.717) is 18.8 Å². The Balaban J connectivity index is 2.03. The van der Waals surface area contributed by atoms with Crippen molar-refractivity contribution >= 4 is 31.9 Å². The molecule has 1 atom stereocenters. The fourth-order valence-corrected chi connectivity index (χ4v) is 3.81. The summed E-state index contributed by atoms with van der Waals surface area (Å²) >= 11 is 3.32. The Bertz CT molecular complexity index is 611. The van der Waals surface area contributed by atoms with Crippen LogP contribution in [0, 0.1) is 0 Å². The highest BCUT2D eigenvalue weighted by Crippen LogP contribution is 2.16. The van der Waals surface area contributed by atoms with Crippen molar-refractivity contribution in [2.24, 2.45) is 7.05 Å². The van der Waals surface area contributed by atoms with E-state index in [9.17, 15) is 13.2 Å². The van der Waals surface area contributed by atoms with Gasteiger partial charge in [-0.15, -0.1) is 0 Å². The summed E-state index contributed by atoms with van der Waals surface area (Å²) in [7, 11) is -1.40. The number of hydrogen-bond acceptors (Lipinski definition) is 3. The lowest BCUT2D eigenvalue weighted by Gasteiger charge is -2.31. The number of hydrogen-bond donors (Lipinski definition) is 1. The molecule has 2 heterocycles. The average molecular weight is 364 g/mol. The van der Waals surface area contributed by atoms with Crippen molar-refractivity contribution in [3.63, 3.8) is 0 Å². The van der Waals surface area contributed by atoms with Gasteiger partial charge < -0.3 is 9.88 Å². The molecule has 6 nitrogen and oxygen atoms in total. The van der Waals surface area contributed by atoms with E-state index in [4.69, 9.17) is 0 Å². The maximum absolute atomic E-state index is 12.2. The van der Waals surface area contributed by atoms with Gasteiger partial charge in [-0.05, 0) is 34.8 Å². The number of nitrogens with one attached hydrogen (secondary N) is 1. The number of nitrogens with zero attached hydrogens (tertiary/aromatic N) is 2. The van der Waals surface area contributed by atoms with Crippen LogP contribution in [0.1, 0.15) is 23.3 Å². The molecule has 2 rings (SSSR count). The SMILES string of the molecule is Cn1cc(Br)cc1C(=O)NC1CCCN(S(C)(=O)=O)C1. The molecular formula is C12H18BrN3O3S. The molecular weight excluding hydrogens is 346 g/mol. The van der Waals surface area contributed by atoms with Crippen LogP contribution in [0.3, 0.4) is 0 Å². The monoisotopic (exact) mass is 363 g/mol. The number of aromatic nitrogens is 1. The van der Waals surface area contributed by atoms with Gasteiger partial charge in [0.15, 0.2) is 0 Å². The summed E-state index contributed by atoms with van der Waals surface area (Å²) in [6.07, 6.45) is 4.56. The lowest BCUT2D eigenvalue weighted by atomic mass is 10.1. The number of amides is 1. The minimum atomic E-state index is -3.19. The molecule has 8 heteroatoms. The van der Waals surface area contributed by atoms with Gasteiger partial charge in [-0.1, -0.05) is 0 Å². The van der Waals surface area contributed by atoms with Crippen molar-refractivity contribution in [1.29, 1.82) is 0 Å². The molecule has 1 saturated heterocycles. The maximum atomic E-state index is 12.2. The largest absolute Gasteiger partial charge is 0.347 e. The first-order valence-corrected chi connectivity index (χ1v) is 8.99. The highest BCUT2D eigenvalue weighted by Gasteiger charge is 2.27. The zero-order chi connectivity index (χ0) is 14.9. The van der Waals surface area contributed by atoms with Crippen molar-refractivity contribution in [3.8, 4) is 0 Å². The summed E-state index contributed by atoms with van der Waals surface area (Å²) in [5, 5.41) is 2.90. The van der Waals surface area contributed by atoms with Crippen LogP contribution in [0.4, 0.5) is 0 Å². The van der Waals surface area contributed by atoms with Gasteiger partial charge in [-0.3, -0.25) is 4.79 Å². The molecule has 0 aliphatic carbocycles. The predicted molar refractivity (Wildman–Crippen MR) is 80.0 cm³/mol. The van der Waals surface area contributed by atoms with E-state index in [-0.39, 0.29) is 11.9 Å². The van der Waals surface area contributed by atoms with Crippen LogP contribution in [-0.2, 0) is 17.1 Å². The van der Waals surface area contributed by atoms with E-state index in [1.54, 1.807) is 23.9 Å². The van der Waals surface area contributed by atoms with Crippen molar-refractivity contribution in [2.75, 3.05) is 19.3 Å². The summed E-state index contributed by atoms with van der Waals surface area (Å²) < 4.78 is 27.1. The Morgan fingerprint density at radius 2 is 2.20 bits per heavy atom. The van der Waals surface area contributed by atoms with Gasteiger partial charge >= 0.3 is 0 Å². The zero-order valence-electron chi connectivity index (χ0n) is 11.5. The van der Waals surface area contributed by atoms with Gasteiger partial charge in [-0.25, -0.2) is 12.7 Å². The molecule has 20 heavy (non-hydrogen) atoms. The smallest absolute Gasteiger partial charge is 0.268 e. The summed E-state index contributed by atoms with van der Waals surface area (Å²) in [5.74, 6) is -0.182. The average Bonchev–Trinajstić information content (AvgIpc) is 2.68. The Morgan fingerprint density at radius 1 is 1.50 bits per heavy atom. The van der Waals surface area contributed by atoms with Gasteiger partial charge in [0.2, 0.25) is 10.0 Å². The van der Waals surface area contributed by atoms with Crippen molar-refractivity contribution in [1.82, 2.24) is 14.2 Å². The van der Waals surface area contributed by atoms with Crippen LogP contribution < -0.4 is 5.32 Å². The van der Waals surface area contributed by atoms with Gasteiger partial charge in [0.25, 0.3) is 5.91 Å². The van der Waals surface area contributed by atoms with Gasteiger partial charge in [0.1, 0.15) is 5.69 Å². The Morgan fingerprint density at radius 3 is 2.75 bits per heavy atom. The lowest BCUT2D eigenvalue weighted by Crippen LogP contribution is -2.49. The number of aryl methyl sites for hydroxylation is 1. The molecule has 0 saturated carbocycles. The first-order chi connectivity index (χ1) is 9.27. The number of carbonyl (C=O) groups excluding carboxylic acids is 1. The first-order valence-electron chi connectivity index (χ1n) is 6.35. The molecule has 1 aliphatic heterocycles. The normalized spacial score (nSPS) is 20.9. The number of rotatable bonds is 3. The predicted octanol–water partition coefficient (Wildman–Crippen LogP) is 0.941. The van der Waals surface area contributed by atoms with Crippen LogP contribution in [0.2, 0.25) is 0 Å². The van der Waals surface area contributed by atoms with E-state index in [2.05, 4.69) is 21.2 Å². The third-order valence-corrected chi connectivity index (χ3v) is 5.10. The molecule has 1 aromatic rings. The third kappa shape index (κ3) is 3.62. The van der Waals surface area contributed by atoms with E-state index in [1.165, 1.54) is 10.6 Å². The van der Waals surface area contributed by atoms with Gasteiger partial charge in [-0.2, -0.15) is 0 Å².